The summed E-state index contributed by atoms with van der Waals surface area (Å²) in [6.07, 6.45) is -2.64. The summed E-state index contributed by atoms with van der Waals surface area (Å²) < 4.78 is 46.9. The van der Waals surface area contributed by atoms with Gasteiger partial charge in [-0.05, 0) is 43.5 Å². The number of hydrogen-bond acceptors (Lipinski definition) is 6. The van der Waals surface area contributed by atoms with E-state index in [0.717, 1.165) is 16.9 Å². The van der Waals surface area contributed by atoms with Gasteiger partial charge in [0.2, 0.25) is 5.95 Å². The quantitative estimate of drug-likeness (QED) is 0.614. The third-order valence-corrected chi connectivity index (χ3v) is 4.46. The maximum absolute atomic E-state index is 12.5. The van der Waals surface area contributed by atoms with E-state index in [-0.39, 0.29) is 11.5 Å². The second kappa shape index (κ2) is 8.44. The van der Waals surface area contributed by atoms with E-state index in [4.69, 9.17) is 10.2 Å². The molecule has 1 aromatic carbocycles. The van der Waals surface area contributed by atoms with Gasteiger partial charge in [-0.15, -0.1) is 0 Å². The van der Waals surface area contributed by atoms with Crippen molar-refractivity contribution in [3.8, 4) is 11.3 Å². The van der Waals surface area contributed by atoms with Gasteiger partial charge in [0, 0.05) is 11.1 Å². The molecule has 0 aliphatic heterocycles. The molecule has 3 rings (SSSR count). The van der Waals surface area contributed by atoms with Crippen LogP contribution in [0.25, 0.3) is 11.3 Å². The lowest BCUT2D eigenvalue weighted by atomic mass is 10.0. The zero-order valence-corrected chi connectivity index (χ0v) is 15.9. The first-order valence-electron chi connectivity index (χ1n) is 8.89. The van der Waals surface area contributed by atoms with Crippen molar-refractivity contribution in [2.75, 3.05) is 5.73 Å². The fourth-order valence-corrected chi connectivity index (χ4v) is 2.87. The lowest BCUT2D eigenvalue weighted by Gasteiger charge is -2.14. The summed E-state index contributed by atoms with van der Waals surface area (Å²) >= 11 is 0. The van der Waals surface area contributed by atoms with E-state index in [1.54, 1.807) is 12.3 Å². The van der Waals surface area contributed by atoms with Gasteiger partial charge in [-0.25, -0.2) is 14.3 Å². The average molecular weight is 421 g/mol. The molecule has 0 saturated heterocycles. The third kappa shape index (κ3) is 4.70. The molecule has 0 atom stereocenters. The molecule has 10 heteroatoms. The zero-order chi connectivity index (χ0) is 21.9. The number of anilines is 1. The molecule has 30 heavy (non-hydrogen) atoms. The highest BCUT2D eigenvalue weighted by Gasteiger charge is 2.41. The van der Waals surface area contributed by atoms with E-state index in [0.29, 0.717) is 23.1 Å². The van der Waals surface area contributed by atoms with Crippen molar-refractivity contribution in [1.82, 2.24) is 9.55 Å². The van der Waals surface area contributed by atoms with Crippen molar-refractivity contribution in [1.29, 1.82) is 0 Å². The molecule has 0 saturated carbocycles. The van der Waals surface area contributed by atoms with Gasteiger partial charge in [0.25, 0.3) is 5.56 Å². The lowest BCUT2D eigenvalue weighted by Crippen LogP contribution is -2.32. The van der Waals surface area contributed by atoms with Crippen LogP contribution in [0, 0.1) is 6.92 Å². The number of aromatic nitrogens is 2. The van der Waals surface area contributed by atoms with Crippen molar-refractivity contribution in [3.05, 3.63) is 69.8 Å². The van der Waals surface area contributed by atoms with E-state index in [9.17, 15) is 22.8 Å². The van der Waals surface area contributed by atoms with E-state index in [2.05, 4.69) is 9.72 Å². The van der Waals surface area contributed by atoms with Crippen LogP contribution in [0.15, 0.2) is 51.9 Å². The van der Waals surface area contributed by atoms with Crippen molar-refractivity contribution in [2.24, 2.45) is 0 Å². The van der Waals surface area contributed by atoms with Crippen LogP contribution < -0.4 is 11.3 Å². The maximum atomic E-state index is 12.5. The Morgan fingerprint density at radius 2 is 2.00 bits per heavy atom. The molecule has 0 radical (unpaired) electrons. The van der Waals surface area contributed by atoms with Gasteiger partial charge in [-0.2, -0.15) is 13.2 Å². The number of carbonyl (C=O) groups is 1. The van der Waals surface area contributed by atoms with Gasteiger partial charge in [0.1, 0.15) is 5.76 Å². The van der Waals surface area contributed by atoms with Crippen molar-refractivity contribution in [3.63, 3.8) is 0 Å². The second-order valence-electron chi connectivity index (χ2n) is 6.51. The first kappa shape index (κ1) is 21.2. The summed E-state index contributed by atoms with van der Waals surface area (Å²) in [5, 5.41) is 0. The molecule has 2 heterocycles. The van der Waals surface area contributed by atoms with Crippen LogP contribution in [0.5, 0.6) is 0 Å². The van der Waals surface area contributed by atoms with Gasteiger partial charge in [-0.3, -0.25) is 4.79 Å². The summed E-state index contributed by atoms with van der Waals surface area (Å²) in [6, 6.07) is 11.3. The number of hydrogen-bond donors (Lipinski definition) is 1. The second-order valence-corrected chi connectivity index (χ2v) is 6.51. The first-order chi connectivity index (χ1) is 14.2. The van der Waals surface area contributed by atoms with Gasteiger partial charge in [0.05, 0.1) is 12.0 Å². The zero-order valence-electron chi connectivity index (χ0n) is 15.9. The summed E-state index contributed by atoms with van der Waals surface area (Å²) in [7, 11) is 0. The predicted octanol–water partition coefficient (Wildman–Crippen LogP) is 3.24. The Balaban J connectivity index is 1.74. The lowest BCUT2D eigenvalue weighted by molar-refractivity contribution is -0.203. The Labute approximate surface area is 168 Å². The normalized spacial score (nSPS) is 11.5. The maximum Gasteiger partial charge on any atom is 0.490 e. The number of benzene rings is 1. The minimum absolute atomic E-state index is 0.217. The fraction of sp³-hybridized carbons (Fsp3) is 0.250. The molecule has 0 spiro atoms. The average Bonchev–Trinajstić information content (AvgIpc) is 3.24. The number of halogens is 3. The number of nitrogen functional groups attached to an aromatic ring is 1. The Bertz CT molecular complexity index is 1110. The summed E-state index contributed by atoms with van der Waals surface area (Å²) in [6.45, 7) is 0.522. The molecule has 0 bridgehead atoms. The summed E-state index contributed by atoms with van der Waals surface area (Å²) in [4.78, 5) is 27.4. The number of alkyl halides is 3. The van der Waals surface area contributed by atoms with E-state index < -0.39 is 24.4 Å². The number of furan rings is 1. The topological polar surface area (TPSA) is 100 Å². The SMILES string of the molecule is Cc1c(CCc2cccc(-c3ccco3)c2)nc(N)n(COC(=O)C(F)(F)F)c1=O. The third-order valence-electron chi connectivity index (χ3n) is 4.46. The van der Waals surface area contributed by atoms with Crippen LogP contribution in [-0.2, 0) is 29.1 Å². The van der Waals surface area contributed by atoms with Crippen molar-refractivity contribution < 1.29 is 27.1 Å². The van der Waals surface area contributed by atoms with E-state index in [1.807, 2.05) is 30.3 Å². The highest BCUT2D eigenvalue weighted by molar-refractivity contribution is 5.75. The Kier molecular flexibility index (Phi) is 5.95. The molecule has 0 aliphatic carbocycles. The minimum Gasteiger partial charge on any atom is -0.464 e. The van der Waals surface area contributed by atoms with Crippen molar-refractivity contribution in [2.45, 2.75) is 32.7 Å². The van der Waals surface area contributed by atoms with Crippen LogP contribution >= 0.6 is 0 Å². The molecule has 0 amide bonds. The fourth-order valence-electron chi connectivity index (χ4n) is 2.87. The van der Waals surface area contributed by atoms with E-state index in [1.165, 1.54) is 6.92 Å². The molecular formula is C20H18F3N3O4. The Morgan fingerprint density at radius 3 is 2.67 bits per heavy atom. The van der Waals surface area contributed by atoms with Gasteiger partial charge in [0.15, 0.2) is 6.73 Å². The molecule has 0 fully saturated rings. The molecule has 0 unspecified atom stereocenters. The smallest absolute Gasteiger partial charge is 0.464 e. The number of ether oxygens (including phenoxy) is 1. The van der Waals surface area contributed by atoms with Crippen LogP contribution in [0.1, 0.15) is 16.8 Å². The summed E-state index contributed by atoms with van der Waals surface area (Å²) in [5.41, 5.74) is 7.56. The molecule has 7 nitrogen and oxygen atoms in total. The summed E-state index contributed by atoms with van der Waals surface area (Å²) in [5.74, 6) is -2.02. The number of rotatable bonds is 6. The van der Waals surface area contributed by atoms with Crippen LogP contribution in [0.4, 0.5) is 19.1 Å². The minimum atomic E-state index is -5.16. The largest absolute Gasteiger partial charge is 0.490 e. The molecule has 158 valence electrons. The standard InChI is InChI=1S/C20H18F3N3O4/c1-12-15(8-7-13-4-2-5-14(10-13)16-6-3-9-29-16)25-19(24)26(17(12)27)11-30-18(28)20(21,22)23/h2-6,9-10H,7-8,11H2,1H3,(H2,24,25). The van der Waals surface area contributed by atoms with E-state index >= 15 is 0 Å². The molecule has 2 aromatic heterocycles. The number of carbonyl (C=O) groups excluding carboxylic acids is 1. The Hall–Kier alpha value is -3.56. The monoisotopic (exact) mass is 421 g/mol. The van der Waals surface area contributed by atoms with Gasteiger partial charge >= 0.3 is 12.1 Å². The van der Waals surface area contributed by atoms with Crippen LogP contribution in [-0.4, -0.2) is 21.7 Å². The molecule has 0 aliphatic rings. The van der Waals surface area contributed by atoms with Crippen LogP contribution in [0.2, 0.25) is 0 Å². The highest BCUT2D eigenvalue weighted by Crippen LogP contribution is 2.22. The highest BCUT2D eigenvalue weighted by atomic mass is 19.4. The number of esters is 1. The Morgan fingerprint density at radius 1 is 1.23 bits per heavy atom. The van der Waals surface area contributed by atoms with Crippen molar-refractivity contribution >= 4 is 11.9 Å². The van der Waals surface area contributed by atoms with Gasteiger partial charge < -0.3 is 14.9 Å². The van der Waals surface area contributed by atoms with Crippen LogP contribution in [0.3, 0.4) is 0 Å². The number of nitrogens with zero attached hydrogens (tertiary/aromatic N) is 2. The molecule has 3 aromatic rings. The predicted molar refractivity (Wildman–Crippen MR) is 101 cm³/mol. The van der Waals surface area contributed by atoms with Gasteiger partial charge in [-0.1, -0.05) is 18.2 Å². The first-order valence-corrected chi connectivity index (χ1v) is 8.89. The number of aryl methyl sites for hydroxylation is 2. The molecular weight excluding hydrogens is 403 g/mol. The molecule has 2 N–H and O–H groups in total. The number of nitrogens with two attached hydrogens (primary N) is 1.